The minimum absolute atomic E-state index is 0.0208. The SMILES string of the molecule is CCOC(=O)Cc1c(C(=O)c2ccc(Br)cc2)sc(SCc2cccc3ccccc23)c1-[n+]1ccc(C)cc1. The van der Waals surface area contributed by atoms with Gasteiger partial charge in [0, 0.05) is 27.9 Å². The number of aromatic nitrogens is 1. The molecule has 0 aliphatic rings. The van der Waals surface area contributed by atoms with Crippen LogP contribution in [0.15, 0.2) is 99.9 Å². The quantitative estimate of drug-likeness (QED) is 0.0731. The predicted molar refractivity (Wildman–Crippen MR) is 162 cm³/mol. The average Bonchev–Trinajstić information content (AvgIpc) is 3.30. The van der Waals surface area contributed by atoms with E-state index in [1.807, 2.05) is 66.3 Å². The molecule has 5 aromatic rings. The van der Waals surface area contributed by atoms with E-state index in [9.17, 15) is 9.59 Å². The molecule has 7 heteroatoms. The maximum absolute atomic E-state index is 13.8. The summed E-state index contributed by atoms with van der Waals surface area (Å²) in [6, 6.07) is 26.1. The van der Waals surface area contributed by atoms with E-state index in [1.165, 1.54) is 27.7 Å². The van der Waals surface area contributed by atoms with Gasteiger partial charge < -0.3 is 4.74 Å². The number of thioether (sulfide) groups is 1. The summed E-state index contributed by atoms with van der Waals surface area (Å²) < 4.78 is 9.23. The third-order valence-electron chi connectivity index (χ3n) is 6.38. The van der Waals surface area contributed by atoms with Gasteiger partial charge in [-0.25, -0.2) is 0 Å². The van der Waals surface area contributed by atoms with E-state index in [4.69, 9.17) is 4.74 Å². The zero-order valence-electron chi connectivity index (χ0n) is 21.6. The first-order valence-electron chi connectivity index (χ1n) is 12.6. The Labute approximate surface area is 244 Å². The summed E-state index contributed by atoms with van der Waals surface area (Å²) in [4.78, 5) is 27.2. The molecule has 4 nitrogen and oxygen atoms in total. The van der Waals surface area contributed by atoms with Crippen LogP contribution in [0.2, 0.25) is 0 Å². The van der Waals surface area contributed by atoms with Gasteiger partial charge in [0.25, 0.3) is 0 Å². The maximum atomic E-state index is 13.8. The summed E-state index contributed by atoms with van der Waals surface area (Å²) >= 11 is 6.59. The van der Waals surface area contributed by atoms with Crippen molar-refractivity contribution >= 4 is 61.6 Å². The molecule has 39 heavy (non-hydrogen) atoms. The minimum atomic E-state index is -0.347. The topological polar surface area (TPSA) is 47.3 Å². The molecular formula is C32H27BrNO3S2+. The smallest absolute Gasteiger partial charge is 0.310 e. The Hall–Kier alpha value is -3.26. The van der Waals surface area contributed by atoms with Crippen LogP contribution in [0.1, 0.15) is 38.8 Å². The lowest BCUT2D eigenvalue weighted by atomic mass is 10.0. The fourth-order valence-corrected chi connectivity index (χ4v) is 7.28. The highest BCUT2D eigenvalue weighted by Gasteiger charge is 2.31. The molecule has 0 bridgehead atoms. The number of carbonyl (C=O) groups excluding carboxylic acids is 2. The molecule has 0 saturated carbocycles. The number of rotatable bonds is 9. The number of hydrogen-bond donors (Lipinski definition) is 0. The number of ether oxygens (including phenoxy) is 1. The van der Waals surface area contributed by atoms with E-state index >= 15 is 0 Å². The van der Waals surface area contributed by atoms with E-state index in [1.54, 1.807) is 18.7 Å². The molecule has 0 unspecified atom stereocenters. The highest BCUT2D eigenvalue weighted by atomic mass is 79.9. The van der Waals surface area contributed by atoms with Gasteiger partial charge in [-0.1, -0.05) is 58.4 Å². The molecule has 0 aliphatic heterocycles. The molecule has 5 rings (SSSR count). The number of benzene rings is 3. The first-order valence-corrected chi connectivity index (χ1v) is 15.2. The highest BCUT2D eigenvalue weighted by molar-refractivity contribution is 9.10. The van der Waals surface area contributed by atoms with Crippen LogP contribution in [0, 0.1) is 6.92 Å². The summed E-state index contributed by atoms with van der Waals surface area (Å²) in [6.45, 7) is 4.12. The molecule has 0 N–H and O–H groups in total. The van der Waals surface area contributed by atoms with Gasteiger partial charge in [-0.2, -0.15) is 4.57 Å². The Bertz CT molecular complexity index is 1640. The van der Waals surface area contributed by atoms with Crippen LogP contribution in [0.4, 0.5) is 0 Å². The summed E-state index contributed by atoms with van der Waals surface area (Å²) in [5.41, 5.74) is 4.48. The summed E-state index contributed by atoms with van der Waals surface area (Å²) in [5, 5.41) is 2.41. The van der Waals surface area contributed by atoms with Crippen LogP contribution in [0.3, 0.4) is 0 Å². The molecule has 0 radical (unpaired) electrons. The molecule has 3 aromatic carbocycles. The van der Waals surface area contributed by atoms with Crippen molar-refractivity contribution in [3.63, 3.8) is 0 Å². The fourth-order valence-electron chi connectivity index (χ4n) is 4.44. The summed E-state index contributed by atoms with van der Waals surface area (Å²) in [6.07, 6.45) is 4.00. The van der Waals surface area contributed by atoms with E-state index in [0.717, 1.165) is 25.7 Å². The Morgan fingerprint density at radius 1 is 0.949 bits per heavy atom. The lowest BCUT2D eigenvalue weighted by molar-refractivity contribution is -0.598. The van der Waals surface area contributed by atoms with Crippen molar-refractivity contribution in [1.82, 2.24) is 0 Å². The lowest BCUT2D eigenvalue weighted by Gasteiger charge is -2.07. The van der Waals surface area contributed by atoms with Crippen LogP contribution in [-0.2, 0) is 21.7 Å². The fraction of sp³-hybridized carbons (Fsp3) is 0.156. The minimum Gasteiger partial charge on any atom is -0.466 e. The number of pyridine rings is 1. The van der Waals surface area contributed by atoms with Crippen molar-refractivity contribution in [3.05, 3.63) is 123 Å². The number of nitrogens with zero attached hydrogens (tertiary/aromatic N) is 1. The Kier molecular flexibility index (Phi) is 8.60. The van der Waals surface area contributed by atoms with Crippen LogP contribution < -0.4 is 4.57 Å². The van der Waals surface area contributed by atoms with Crippen molar-refractivity contribution in [1.29, 1.82) is 0 Å². The van der Waals surface area contributed by atoms with Crippen LogP contribution in [0.5, 0.6) is 0 Å². The van der Waals surface area contributed by atoms with Gasteiger partial charge in [-0.15, -0.1) is 23.1 Å². The van der Waals surface area contributed by atoms with Crippen molar-refractivity contribution in [2.45, 2.75) is 30.2 Å². The molecule has 0 aliphatic carbocycles. The number of aryl methyl sites for hydroxylation is 1. The third kappa shape index (κ3) is 6.16. The van der Waals surface area contributed by atoms with E-state index < -0.39 is 0 Å². The van der Waals surface area contributed by atoms with Crippen LogP contribution in [0.25, 0.3) is 16.5 Å². The van der Waals surface area contributed by atoms with Crippen molar-refractivity contribution in [2.24, 2.45) is 0 Å². The maximum Gasteiger partial charge on any atom is 0.310 e. The van der Waals surface area contributed by atoms with Crippen LogP contribution in [-0.4, -0.2) is 18.4 Å². The van der Waals surface area contributed by atoms with Crippen LogP contribution >= 0.6 is 39.0 Å². The van der Waals surface area contributed by atoms with Crippen molar-refractivity contribution in [2.75, 3.05) is 6.61 Å². The van der Waals surface area contributed by atoms with Crippen molar-refractivity contribution < 1.29 is 18.9 Å². The largest absolute Gasteiger partial charge is 0.466 e. The number of carbonyl (C=O) groups is 2. The van der Waals surface area contributed by atoms with E-state index in [2.05, 4.69) is 52.3 Å². The average molecular weight is 618 g/mol. The molecule has 0 spiro atoms. The van der Waals surface area contributed by atoms with E-state index in [0.29, 0.717) is 16.0 Å². The Morgan fingerprint density at radius 3 is 2.41 bits per heavy atom. The summed E-state index contributed by atoms with van der Waals surface area (Å²) in [7, 11) is 0. The summed E-state index contributed by atoms with van der Waals surface area (Å²) in [5.74, 6) is 0.281. The molecule has 2 aromatic heterocycles. The zero-order valence-corrected chi connectivity index (χ0v) is 24.9. The first-order chi connectivity index (χ1) is 18.9. The number of hydrogen-bond acceptors (Lipinski definition) is 5. The predicted octanol–water partition coefficient (Wildman–Crippen LogP) is 7.88. The van der Waals surface area contributed by atoms with Gasteiger partial charge in [0.15, 0.2) is 12.4 Å². The molecular weight excluding hydrogens is 590 g/mol. The zero-order chi connectivity index (χ0) is 27.4. The van der Waals surface area contributed by atoms with Crippen molar-refractivity contribution in [3.8, 4) is 5.69 Å². The number of halogens is 1. The Morgan fingerprint density at radius 2 is 1.67 bits per heavy atom. The molecule has 2 heterocycles. The van der Waals surface area contributed by atoms with Gasteiger partial charge in [0.1, 0.15) is 4.21 Å². The molecule has 0 fully saturated rings. The number of thiophene rings is 1. The molecule has 0 amide bonds. The second-order valence-corrected chi connectivity index (χ2v) is 12.3. The second-order valence-electron chi connectivity index (χ2n) is 9.07. The second kappa shape index (κ2) is 12.3. The molecule has 0 saturated heterocycles. The highest BCUT2D eigenvalue weighted by Crippen LogP contribution is 2.40. The molecule has 0 atom stereocenters. The van der Waals surface area contributed by atoms with Gasteiger partial charge >= 0.3 is 5.97 Å². The number of esters is 1. The van der Waals surface area contributed by atoms with E-state index in [-0.39, 0.29) is 24.8 Å². The third-order valence-corrected chi connectivity index (χ3v) is 9.44. The van der Waals surface area contributed by atoms with Gasteiger partial charge in [-0.3, -0.25) is 9.59 Å². The number of ketones is 1. The number of fused-ring (bicyclic) bond motifs is 1. The Balaban J connectivity index is 1.63. The van der Waals surface area contributed by atoms with Gasteiger partial charge in [-0.05, 0) is 60.0 Å². The monoisotopic (exact) mass is 616 g/mol. The van der Waals surface area contributed by atoms with Gasteiger partial charge in [0.2, 0.25) is 11.5 Å². The standard InChI is InChI=1S/C32H27BrNO3S2/c1-3-37-28(35)19-27-29(34-17-15-21(2)16-18-34)32(39-31(27)30(36)23-11-13-25(33)14-12-23)38-20-24-9-6-8-22-7-4-5-10-26(22)24/h4-18H,3,19-20H2,1-2H3/q+1. The lowest BCUT2D eigenvalue weighted by Crippen LogP contribution is -2.31. The first kappa shape index (κ1) is 27.3. The molecule has 196 valence electrons. The van der Waals surface area contributed by atoms with Gasteiger partial charge in [0.05, 0.1) is 23.5 Å². The normalized spacial score (nSPS) is 11.1.